The second kappa shape index (κ2) is 6.17. The number of aromatic nitrogens is 3. The summed E-state index contributed by atoms with van der Waals surface area (Å²) in [6.45, 7) is 7.93. The minimum Gasteiger partial charge on any atom is -0.311 e. The molecule has 0 aliphatic rings. The molecular weight excluding hydrogens is 260 g/mol. The summed E-state index contributed by atoms with van der Waals surface area (Å²) in [5.74, 6) is 2.37. The lowest BCUT2D eigenvalue weighted by Crippen LogP contribution is -2.20. The standard InChI is InChI=1S/C14H19ClN4/c1-10(2)8-16-9-13-12(15)4-5-14(18-13)19-7-6-17-11(19)3/h4-7,10,16H,8-9H2,1-3H3. The number of hydrogen-bond donors (Lipinski definition) is 1. The molecule has 2 heterocycles. The van der Waals surface area contributed by atoms with Crippen LogP contribution in [0.3, 0.4) is 0 Å². The quantitative estimate of drug-likeness (QED) is 0.914. The van der Waals surface area contributed by atoms with Gasteiger partial charge in [-0.15, -0.1) is 0 Å². The van der Waals surface area contributed by atoms with Crippen LogP contribution in [0.15, 0.2) is 24.5 Å². The number of nitrogens with zero attached hydrogens (tertiary/aromatic N) is 3. The molecule has 0 aromatic carbocycles. The summed E-state index contributed by atoms with van der Waals surface area (Å²) in [5, 5.41) is 4.05. The first-order valence-corrected chi connectivity index (χ1v) is 6.82. The highest BCUT2D eigenvalue weighted by atomic mass is 35.5. The lowest BCUT2D eigenvalue weighted by atomic mass is 10.2. The number of imidazole rings is 1. The maximum atomic E-state index is 6.19. The molecule has 0 saturated carbocycles. The van der Waals surface area contributed by atoms with Gasteiger partial charge in [0.25, 0.3) is 0 Å². The number of nitrogens with one attached hydrogen (secondary N) is 1. The third-order valence-corrected chi connectivity index (χ3v) is 3.17. The van der Waals surface area contributed by atoms with E-state index in [4.69, 9.17) is 11.6 Å². The number of rotatable bonds is 5. The summed E-state index contributed by atoms with van der Waals surface area (Å²) in [4.78, 5) is 8.81. The topological polar surface area (TPSA) is 42.7 Å². The van der Waals surface area contributed by atoms with Gasteiger partial charge in [0, 0.05) is 18.9 Å². The fourth-order valence-corrected chi connectivity index (χ4v) is 2.00. The van der Waals surface area contributed by atoms with Crippen molar-refractivity contribution in [2.45, 2.75) is 27.3 Å². The van der Waals surface area contributed by atoms with Crippen molar-refractivity contribution in [2.75, 3.05) is 6.54 Å². The maximum absolute atomic E-state index is 6.19. The van der Waals surface area contributed by atoms with Gasteiger partial charge in [-0.25, -0.2) is 9.97 Å². The van der Waals surface area contributed by atoms with E-state index in [0.29, 0.717) is 17.5 Å². The van der Waals surface area contributed by atoms with Crippen molar-refractivity contribution in [3.05, 3.63) is 41.1 Å². The number of pyridine rings is 1. The molecule has 0 unspecified atom stereocenters. The molecule has 4 nitrogen and oxygen atoms in total. The Labute approximate surface area is 118 Å². The van der Waals surface area contributed by atoms with Crippen LogP contribution in [0, 0.1) is 12.8 Å². The van der Waals surface area contributed by atoms with E-state index in [1.807, 2.05) is 29.8 Å². The van der Waals surface area contributed by atoms with Crippen LogP contribution in [0.2, 0.25) is 5.02 Å². The monoisotopic (exact) mass is 278 g/mol. The Hall–Kier alpha value is -1.39. The summed E-state index contributed by atoms with van der Waals surface area (Å²) < 4.78 is 1.95. The molecule has 0 amide bonds. The molecule has 19 heavy (non-hydrogen) atoms. The van der Waals surface area contributed by atoms with Gasteiger partial charge in [-0.05, 0) is 31.5 Å². The normalized spacial score (nSPS) is 11.2. The largest absolute Gasteiger partial charge is 0.311 e. The van der Waals surface area contributed by atoms with Gasteiger partial charge in [0.2, 0.25) is 0 Å². The third kappa shape index (κ3) is 3.55. The Balaban J connectivity index is 2.18. The van der Waals surface area contributed by atoms with E-state index in [-0.39, 0.29) is 0 Å². The molecule has 2 aromatic heterocycles. The summed E-state index contributed by atoms with van der Waals surface area (Å²) in [5.41, 5.74) is 0.868. The highest BCUT2D eigenvalue weighted by molar-refractivity contribution is 6.31. The van der Waals surface area contributed by atoms with Crippen LogP contribution in [-0.4, -0.2) is 21.1 Å². The van der Waals surface area contributed by atoms with E-state index in [1.54, 1.807) is 6.20 Å². The third-order valence-electron chi connectivity index (χ3n) is 2.82. The Morgan fingerprint density at radius 2 is 2.16 bits per heavy atom. The lowest BCUT2D eigenvalue weighted by Gasteiger charge is -2.10. The average molecular weight is 279 g/mol. The summed E-state index contributed by atoms with van der Waals surface area (Å²) in [6, 6.07) is 3.79. The zero-order chi connectivity index (χ0) is 13.8. The molecule has 0 fully saturated rings. The predicted octanol–water partition coefficient (Wildman–Crippen LogP) is 2.97. The van der Waals surface area contributed by atoms with Gasteiger partial charge in [-0.2, -0.15) is 0 Å². The molecule has 0 bridgehead atoms. The van der Waals surface area contributed by atoms with Crippen LogP contribution in [0.1, 0.15) is 25.4 Å². The average Bonchev–Trinajstić information content (AvgIpc) is 2.77. The van der Waals surface area contributed by atoms with Gasteiger partial charge in [0.1, 0.15) is 11.6 Å². The Kier molecular flexibility index (Phi) is 4.56. The first-order valence-electron chi connectivity index (χ1n) is 6.44. The second-order valence-corrected chi connectivity index (χ2v) is 5.37. The van der Waals surface area contributed by atoms with Crippen molar-refractivity contribution in [3.8, 4) is 5.82 Å². The van der Waals surface area contributed by atoms with Gasteiger partial charge in [-0.3, -0.25) is 4.57 Å². The van der Waals surface area contributed by atoms with Crippen LogP contribution in [0.4, 0.5) is 0 Å². The van der Waals surface area contributed by atoms with Gasteiger partial charge < -0.3 is 5.32 Å². The van der Waals surface area contributed by atoms with Crippen molar-refractivity contribution >= 4 is 11.6 Å². The molecule has 0 aliphatic carbocycles. The van der Waals surface area contributed by atoms with E-state index in [1.165, 1.54) is 0 Å². The molecule has 102 valence electrons. The van der Waals surface area contributed by atoms with E-state index >= 15 is 0 Å². The zero-order valence-corrected chi connectivity index (χ0v) is 12.3. The molecule has 2 aromatic rings. The summed E-state index contributed by atoms with van der Waals surface area (Å²) in [6.07, 6.45) is 3.67. The minimum atomic E-state index is 0.609. The van der Waals surface area contributed by atoms with E-state index in [2.05, 4.69) is 29.1 Å². The summed E-state index contributed by atoms with van der Waals surface area (Å²) in [7, 11) is 0. The Morgan fingerprint density at radius 1 is 1.37 bits per heavy atom. The summed E-state index contributed by atoms with van der Waals surface area (Å²) >= 11 is 6.19. The molecule has 1 N–H and O–H groups in total. The number of aryl methyl sites for hydroxylation is 1. The zero-order valence-electron chi connectivity index (χ0n) is 11.5. The molecule has 0 radical (unpaired) electrons. The fourth-order valence-electron chi connectivity index (χ4n) is 1.83. The molecule has 0 saturated heterocycles. The van der Waals surface area contributed by atoms with E-state index < -0.39 is 0 Å². The lowest BCUT2D eigenvalue weighted by molar-refractivity contribution is 0.548. The highest BCUT2D eigenvalue weighted by Gasteiger charge is 2.07. The van der Waals surface area contributed by atoms with Crippen LogP contribution in [-0.2, 0) is 6.54 Å². The van der Waals surface area contributed by atoms with Gasteiger partial charge in [0.15, 0.2) is 0 Å². The smallest absolute Gasteiger partial charge is 0.138 e. The van der Waals surface area contributed by atoms with Crippen LogP contribution in [0.25, 0.3) is 5.82 Å². The van der Waals surface area contributed by atoms with E-state index in [0.717, 1.165) is 23.9 Å². The molecule has 0 aliphatic heterocycles. The van der Waals surface area contributed by atoms with Crippen molar-refractivity contribution in [1.82, 2.24) is 19.9 Å². The van der Waals surface area contributed by atoms with Crippen LogP contribution >= 0.6 is 11.6 Å². The molecule has 0 atom stereocenters. The van der Waals surface area contributed by atoms with E-state index in [9.17, 15) is 0 Å². The second-order valence-electron chi connectivity index (χ2n) is 4.97. The molecule has 0 spiro atoms. The van der Waals surface area contributed by atoms with Gasteiger partial charge in [0.05, 0.1) is 10.7 Å². The SMILES string of the molecule is Cc1nccn1-c1ccc(Cl)c(CNCC(C)C)n1. The number of hydrogen-bond acceptors (Lipinski definition) is 3. The van der Waals surface area contributed by atoms with Crippen LogP contribution < -0.4 is 5.32 Å². The van der Waals surface area contributed by atoms with Crippen LogP contribution in [0.5, 0.6) is 0 Å². The first kappa shape index (κ1) is 14.0. The molecular formula is C14H19ClN4. The Bertz CT molecular complexity index is 548. The van der Waals surface area contributed by atoms with Crippen molar-refractivity contribution < 1.29 is 0 Å². The van der Waals surface area contributed by atoms with Crippen molar-refractivity contribution in [2.24, 2.45) is 5.92 Å². The minimum absolute atomic E-state index is 0.609. The van der Waals surface area contributed by atoms with Gasteiger partial charge >= 0.3 is 0 Å². The van der Waals surface area contributed by atoms with Crippen molar-refractivity contribution in [1.29, 1.82) is 0 Å². The Morgan fingerprint density at radius 3 is 2.79 bits per heavy atom. The number of halogens is 1. The predicted molar refractivity (Wildman–Crippen MR) is 77.7 cm³/mol. The first-order chi connectivity index (χ1) is 9.08. The molecule has 2 rings (SSSR count). The maximum Gasteiger partial charge on any atom is 0.138 e. The molecule has 5 heteroatoms. The van der Waals surface area contributed by atoms with Crippen molar-refractivity contribution in [3.63, 3.8) is 0 Å². The van der Waals surface area contributed by atoms with Gasteiger partial charge in [-0.1, -0.05) is 25.4 Å². The highest BCUT2D eigenvalue weighted by Crippen LogP contribution is 2.17. The fraction of sp³-hybridized carbons (Fsp3) is 0.429.